The number of amides is 1. The van der Waals surface area contributed by atoms with E-state index < -0.39 is 0 Å². The first kappa shape index (κ1) is 12.2. The topological polar surface area (TPSA) is 32.3 Å². The number of carbonyl (C=O) groups excluding carboxylic acids is 1. The summed E-state index contributed by atoms with van der Waals surface area (Å²) in [5.74, 6) is 0.930. The van der Waals surface area contributed by atoms with Crippen molar-refractivity contribution in [2.75, 3.05) is 19.6 Å². The molecule has 2 fully saturated rings. The quantitative estimate of drug-likeness (QED) is 0.887. The van der Waals surface area contributed by atoms with Crippen molar-refractivity contribution in [3.63, 3.8) is 0 Å². The monoisotopic (exact) mass is 264 g/mol. The van der Waals surface area contributed by atoms with Gasteiger partial charge in [0.05, 0.1) is 4.88 Å². The molecule has 1 aromatic heterocycles. The fraction of sp³-hybridized carbons (Fsp3) is 0.643. The van der Waals surface area contributed by atoms with E-state index in [4.69, 9.17) is 0 Å². The zero-order valence-corrected chi connectivity index (χ0v) is 11.6. The van der Waals surface area contributed by atoms with Crippen LogP contribution in [0.25, 0.3) is 0 Å². The minimum Gasteiger partial charge on any atom is -0.338 e. The van der Waals surface area contributed by atoms with Crippen LogP contribution < -0.4 is 5.32 Å². The van der Waals surface area contributed by atoms with Gasteiger partial charge in [-0.2, -0.15) is 0 Å². The van der Waals surface area contributed by atoms with E-state index in [-0.39, 0.29) is 5.91 Å². The van der Waals surface area contributed by atoms with Crippen molar-refractivity contribution in [2.45, 2.75) is 32.2 Å². The molecule has 98 valence electrons. The van der Waals surface area contributed by atoms with Gasteiger partial charge >= 0.3 is 0 Å². The van der Waals surface area contributed by atoms with Crippen molar-refractivity contribution in [3.05, 3.63) is 21.9 Å². The highest BCUT2D eigenvalue weighted by molar-refractivity contribution is 7.12. The summed E-state index contributed by atoms with van der Waals surface area (Å²) >= 11 is 1.59. The molecule has 0 bridgehead atoms. The lowest BCUT2D eigenvalue weighted by atomic mass is 9.93. The summed E-state index contributed by atoms with van der Waals surface area (Å²) in [6.07, 6.45) is 3.29. The molecule has 0 radical (unpaired) electrons. The SMILES string of the molecule is CCc1ccsc1C(=O)N1CCC2NCCC2C1. The van der Waals surface area contributed by atoms with Crippen LogP contribution in [-0.4, -0.2) is 36.5 Å². The van der Waals surface area contributed by atoms with Gasteiger partial charge in [0.2, 0.25) is 0 Å². The van der Waals surface area contributed by atoms with Gasteiger partial charge in [-0.25, -0.2) is 0 Å². The Bertz CT molecular complexity index is 443. The third kappa shape index (κ3) is 2.08. The standard InChI is InChI=1S/C14H20N2OS/c1-2-10-5-8-18-13(10)14(17)16-7-4-12-11(9-16)3-6-15-12/h5,8,11-12,15H,2-4,6-7,9H2,1H3. The molecule has 2 aliphatic heterocycles. The largest absolute Gasteiger partial charge is 0.338 e. The summed E-state index contributed by atoms with van der Waals surface area (Å²) in [5.41, 5.74) is 1.21. The molecule has 1 N–H and O–H groups in total. The molecule has 0 saturated carbocycles. The lowest BCUT2D eigenvalue weighted by Gasteiger charge is -2.34. The van der Waals surface area contributed by atoms with E-state index in [0.717, 1.165) is 37.4 Å². The average Bonchev–Trinajstić information content (AvgIpc) is 3.05. The van der Waals surface area contributed by atoms with Gasteiger partial charge in [0.1, 0.15) is 0 Å². The summed E-state index contributed by atoms with van der Waals surface area (Å²) in [7, 11) is 0. The molecular weight excluding hydrogens is 244 g/mol. The molecule has 2 unspecified atom stereocenters. The van der Waals surface area contributed by atoms with E-state index in [2.05, 4.69) is 23.2 Å². The predicted molar refractivity (Wildman–Crippen MR) is 74.1 cm³/mol. The third-order valence-corrected chi connectivity index (χ3v) is 5.21. The van der Waals surface area contributed by atoms with Crippen molar-refractivity contribution in [1.29, 1.82) is 0 Å². The van der Waals surface area contributed by atoms with Gasteiger partial charge < -0.3 is 10.2 Å². The fourth-order valence-electron chi connectivity index (χ4n) is 3.18. The second-order valence-corrected chi connectivity index (χ2v) is 6.19. The number of piperidine rings is 1. The van der Waals surface area contributed by atoms with Crippen LogP contribution in [0.3, 0.4) is 0 Å². The maximum absolute atomic E-state index is 12.5. The summed E-state index contributed by atoms with van der Waals surface area (Å²) in [6.45, 7) is 5.09. The highest BCUT2D eigenvalue weighted by atomic mass is 32.1. The van der Waals surface area contributed by atoms with Gasteiger partial charge in [-0.3, -0.25) is 4.79 Å². The number of fused-ring (bicyclic) bond motifs is 1. The zero-order chi connectivity index (χ0) is 12.5. The Kier molecular flexibility index (Phi) is 3.39. The molecular formula is C14H20N2OS. The Morgan fingerprint density at radius 2 is 2.44 bits per heavy atom. The van der Waals surface area contributed by atoms with Crippen LogP contribution >= 0.6 is 11.3 Å². The molecule has 1 aromatic rings. The van der Waals surface area contributed by atoms with Crippen LogP contribution in [0.5, 0.6) is 0 Å². The number of thiophene rings is 1. The van der Waals surface area contributed by atoms with Gasteiger partial charge in [-0.1, -0.05) is 6.92 Å². The minimum absolute atomic E-state index is 0.257. The van der Waals surface area contributed by atoms with Gasteiger partial charge in [0.25, 0.3) is 5.91 Å². The highest BCUT2D eigenvalue weighted by Gasteiger charge is 2.35. The van der Waals surface area contributed by atoms with E-state index in [0.29, 0.717) is 12.0 Å². The molecule has 2 aliphatic rings. The fourth-order valence-corrected chi connectivity index (χ4v) is 4.14. The van der Waals surface area contributed by atoms with Crippen LogP contribution in [0.4, 0.5) is 0 Å². The molecule has 3 nitrogen and oxygen atoms in total. The Hall–Kier alpha value is -0.870. The summed E-state index contributed by atoms with van der Waals surface area (Å²) in [4.78, 5) is 15.6. The van der Waals surface area contributed by atoms with Crippen LogP contribution in [0.1, 0.15) is 35.0 Å². The van der Waals surface area contributed by atoms with E-state index in [9.17, 15) is 4.79 Å². The van der Waals surface area contributed by atoms with Gasteiger partial charge in [0.15, 0.2) is 0 Å². The van der Waals surface area contributed by atoms with Crippen molar-refractivity contribution < 1.29 is 4.79 Å². The number of aryl methyl sites for hydroxylation is 1. The first-order valence-corrected chi connectivity index (χ1v) is 7.76. The average molecular weight is 264 g/mol. The molecule has 2 saturated heterocycles. The summed E-state index contributed by atoms with van der Waals surface area (Å²) in [6, 6.07) is 2.74. The first-order valence-electron chi connectivity index (χ1n) is 6.88. The number of carbonyl (C=O) groups is 1. The second-order valence-electron chi connectivity index (χ2n) is 5.28. The number of rotatable bonds is 2. The van der Waals surface area contributed by atoms with Gasteiger partial charge in [0, 0.05) is 19.1 Å². The number of hydrogen-bond acceptors (Lipinski definition) is 3. The minimum atomic E-state index is 0.257. The molecule has 1 amide bonds. The van der Waals surface area contributed by atoms with Crippen LogP contribution in [-0.2, 0) is 6.42 Å². The lowest BCUT2D eigenvalue weighted by molar-refractivity contribution is 0.0666. The Morgan fingerprint density at radius 3 is 3.28 bits per heavy atom. The molecule has 4 heteroatoms. The highest BCUT2D eigenvalue weighted by Crippen LogP contribution is 2.27. The van der Waals surface area contributed by atoms with Crippen molar-refractivity contribution in [1.82, 2.24) is 10.2 Å². The number of nitrogens with one attached hydrogen (secondary N) is 1. The molecule has 18 heavy (non-hydrogen) atoms. The molecule has 0 aromatic carbocycles. The molecule has 0 aliphatic carbocycles. The van der Waals surface area contributed by atoms with E-state index in [1.807, 2.05) is 5.38 Å². The van der Waals surface area contributed by atoms with Crippen molar-refractivity contribution in [2.24, 2.45) is 5.92 Å². The van der Waals surface area contributed by atoms with Crippen molar-refractivity contribution >= 4 is 17.2 Å². The van der Waals surface area contributed by atoms with Crippen molar-refractivity contribution in [3.8, 4) is 0 Å². The van der Waals surface area contributed by atoms with Gasteiger partial charge in [-0.05, 0) is 48.7 Å². The maximum Gasteiger partial charge on any atom is 0.264 e. The predicted octanol–water partition coefficient (Wildman–Crippen LogP) is 2.13. The number of likely N-dealkylation sites (tertiary alicyclic amines) is 1. The van der Waals surface area contributed by atoms with E-state index in [1.165, 1.54) is 12.0 Å². The second kappa shape index (κ2) is 5.02. The lowest BCUT2D eigenvalue weighted by Crippen LogP contribution is -2.46. The third-order valence-electron chi connectivity index (χ3n) is 4.26. The number of nitrogens with zero attached hydrogens (tertiary/aromatic N) is 1. The van der Waals surface area contributed by atoms with Crippen LogP contribution in [0, 0.1) is 5.92 Å². The molecule has 2 atom stereocenters. The van der Waals surface area contributed by atoms with Crippen LogP contribution in [0.2, 0.25) is 0 Å². The maximum atomic E-state index is 12.5. The molecule has 3 heterocycles. The Labute approximate surface area is 112 Å². The smallest absolute Gasteiger partial charge is 0.264 e. The van der Waals surface area contributed by atoms with E-state index >= 15 is 0 Å². The van der Waals surface area contributed by atoms with Crippen LogP contribution in [0.15, 0.2) is 11.4 Å². The molecule has 0 spiro atoms. The van der Waals surface area contributed by atoms with E-state index in [1.54, 1.807) is 11.3 Å². The first-order chi connectivity index (χ1) is 8.79. The Balaban J connectivity index is 1.73. The number of hydrogen-bond donors (Lipinski definition) is 1. The normalized spacial score (nSPS) is 27.3. The zero-order valence-electron chi connectivity index (χ0n) is 10.8. The van der Waals surface area contributed by atoms with Gasteiger partial charge in [-0.15, -0.1) is 11.3 Å². The Morgan fingerprint density at radius 1 is 1.56 bits per heavy atom. The summed E-state index contributed by atoms with van der Waals surface area (Å²) < 4.78 is 0. The summed E-state index contributed by atoms with van der Waals surface area (Å²) in [5, 5.41) is 5.58. The molecule has 3 rings (SSSR count).